The van der Waals surface area contributed by atoms with Gasteiger partial charge in [-0.2, -0.15) is 26.3 Å². The number of ether oxygens (including phenoxy) is 1. The van der Waals surface area contributed by atoms with E-state index in [1.54, 1.807) is 6.07 Å². The summed E-state index contributed by atoms with van der Waals surface area (Å²) in [5.74, 6) is -17.8. The molecule has 120 valence electrons. The second-order valence-electron chi connectivity index (χ2n) is 4.18. The Morgan fingerprint density at radius 3 is 1.90 bits per heavy atom. The molecule has 0 saturated heterocycles. The highest BCUT2D eigenvalue weighted by molar-refractivity contribution is 5.13. The van der Waals surface area contributed by atoms with Gasteiger partial charge in [0, 0.05) is 0 Å². The molecule has 0 amide bonds. The summed E-state index contributed by atoms with van der Waals surface area (Å²) < 4.78 is 105. The predicted octanol–water partition coefficient (Wildman–Crippen LogP) is 4.37. The van der Waals surface area contributed by atoms with Crippen LogP contribution in [-0.4, -0.2) is 30.8 Å². The number of benzene rings is 1. The summed E-state index contributed by atoms with van der Waals surface area (Å²) in [6.07, 6.45) is -4.92. The Kier molecular flexibility index (Phi) is 5.19. The Balaban J connectivity index is 2.72. The minimum Gasteiger partial charge on any atom is -0.370 e. The largest absolute Gasteiger partial charge is 0.380 e. The van der Waals surface area contributed by atoms with Gasteiger partial charge in [-0.1, -0.05) is 30.3 Å². The molecule has 0 aliphatic rings. The lowest BCUT2D eigenvalue weighted by Crippen LogP contribution is -2.59. The van der Waals surface area contributed by atoms with Crippen LogP contribution in [0, 0.1) is 0 Å². The van der Waals surface area contributed by atoms with Crippen molar-refractivity contribution >= 4 is 0 Å². The van der Waals surface area contributed by atoms with Crippen LogP contribution >= 0.6 is 0 Å². The fourth-order valence-corrected chi connectivity index (χ4v) is 1.34. The molecular weight excluding hydrogens is 312 g/mol. The zero-order valence-electron chi connectivity index (χ0n) is 10.3. The maximum Gasteiger partial charge on any atom is 0.380 e. The zero-order chi connectivity index (χ0) is 16.3. The molecule has 0 heterocycles. The fraction of sp³-hybridized carbons (Fsp3) is 0.500. The number of halogens is 8. The van der Waals surface area contributed by atoms with Crippen molar-refractivity contribution in [1.29, 1.82) is 0 Å². The zero-order valence-corrected chi connectivity index (χ0v) is 10.3. The van der Waals surface area contributed by atoms with E-state index in [9.17, 15) is 35.1 Å². The second kappa shape index (κ2) is 6.17. The van der Waals surface area contributed by atoms with Gasteiger partial charge in [0.2, 0.25) is 0 Å². The smallest absolute Gasteiger partial charge is 0.370 e. The molecule has 9 heteroatoms. The van der Waals surface area contributed by atoms with Crippen molar-refractivity contribution in [3.05, 3.63) is 35.9 Å². The van der Waals surface area contributed by atoms with Gasteiger partial charge in [0.15, 0.2) is 0 Å². The molecule has 1 nitrogen and oxygen atoms in total. The van der Waals surface area contributed by atoms with E-state index in [1.165, 1.54) is 24.3 Å². The molecule has 0 N–H and O–H groups in total. The third-order valence-corrected chi connectivity index (χ3v) is 2.55. The van der Waals surface area contributed by atoms with Crippen molar-refractivity contribution < 1.29 is 39.9 Å². The van der Waals surface area contributed by atoms with E-state index < -0.39 is 37.4 Å². The molecule has 0 fully saturated rings. The lowest BCUT2D eigenvalue weighted by Gasteiger charge is -2.32. The van der Waals surface area contributed by atoms with Gasteiger partial charge in [-0.05, 0) is 5.56 Å². The van der Waals surface area contributed by atoms with E-state index in [0.717, 1.165) is 0 Å². The molecule has 0 aromatic heterocycles. The average Bonchev–Trinajstić information content (AvgIpc) is 2.39. The molecule has 0 spiro atoms. The maximum atomic E-state index is 13.1. The van der Waals surface area contributed by atoms with Crippen LogP contribution in [-0.2, 0) is 11.3 Å². The number of hydrogen-bond donors (Lipinski definition) is 0. The SMILES string of the molecule is FC(F)C(F)(F)C(F)(F)C(F)(F)COCc1ccccc1. The van der Waals surface area contributed by atoms with Crippen LogP contribution in [0.2, 0.25) is 0 Å². The standard InChI is InChI=1S/C12H10F8O/c13-9(14)11(17,18)12(19,20)10(15,16)7-21-6-8-4-2-1-3-5-8/h1-5,9H,6-7H2. The molecule has 0 bridgehead atoms. The van der Waals surface area contributed by atoms with E-state index in [4.69, 9.17) is 0 Å². The van der Waals surface area contributed by atoms with Crippen LogP contribution in [0.3, 0.4) is 0 Å². The Morgan fingerprint density at radius 2 is 1.43 bits per heavy atom. The summed E-state index contributed by atoms with van der Waals surface area (Å²) in [6.45, 7) is -2.66. The summed E-state index contributed by atoms with van der Waals surface area (Å²) in [5.41, 5.74) is 0.331. The summed E-state index contributed by atoms with van der Waals surface area (Å²) in [6, 6.07) is 7.45. The molecule has 1 aromatic carbocycles. The fourth-order valence-electron chi connectivity index (χ4n) is 1.34. The van der Waals surface area contributed by atoms with Crippen LogP contribution in [0.15, 0.2) is 30.3 Å². The highest BCUT2D eigenvalue weighted by Crippen LogP contribution is 2.48. The molecule has 0 aliphatic carbocycles. The van der Waals surface area contributed by atoms with Gasteiger partial charge < -0.3 is 4.74 Å². The van der Waals surface area contributed by atoms with E-state index in [-0.39, 0.29) is 0 Å². The normalized spacial score (nSPS) is 13.8. The van der Waals surface area contributed by atoms with E-state index in [0.29, 0.717) is 5.56 Å². The van der Waals surface area contributed by atoms with Crippen molar-refractivity contribution in [3.8, 4) is 0 Å². The predicted molar refractivity (Wildman–Crippen MR) is 56.9 cm³/mol. The first kappa shape index (κ1) is 17.7. The molecule has 0 radical (unpaired) electrons. The minimum atomic E-state index is -6.23. The lowest BCUT2D eigenvalue weighted by atomic mass is 10.1. The van der Waals surface area contributed by atoms with Crippen LogP contribution in [0.1, 0.15) is 5.56 Å². The van der Waals surface area contributed by atoms with E-state index in [1.807, 2.05) is 0 Å². The minimum absolute atomic E-state index is 0.331. The quantitative estimate of drug-likeness (QED) is 0.677. The van der Waals surface area contributed by atoms with E-state index in [2.05, 4.69) is 4.74 Å². The molecule has 1 rings (SSSR count). The van der Waals surface area contributed by atoms with Gasteiger partial charge in [0.1, 0.15) is 6.61 Å². The molecule has 0 unspecified atom stereocenters. The monoisotopic (exact) mass is 322 g/mol. The van der Waals surface area contributed by atoms with Crippen LogP contribution in [0.25, 0.3) is 0 Å². The van der Waals surface area contributed by atoms with Gasteiger partial charge >= 0.3 is 24.2 Å². The number of rotatable bonds is 7. The van der Waals surface area contributed by atoms with Crippen LogP contribution in [0.5, 0.6) is 0 Å². The van der Waals surface area contributed by atoms with Crippen LogP contribution < -0.4 is 0 Å². The molecule has 21 heavy (non-hydrogen) atoms. The third-order valence-electron chi connectivity index (χ3n) is 2.55. The number of alkyl halides is 8. The Bertz CT molecular complexity index is 446. The summed E-state index contributed by atoms with van der Waals surface area (Å²) >= 11 is 0. The van der Waals surface area contributed by atoms with Crippen molar-refractivity contribution in [2.45, 2.75) is 30.8 Å². The van der Waals surface area contributed by atoms with Gasteiger partial charge in [-0.25, -0.2) is 8.78 Å². The molecule has 0 aliphatic heterocycles. The summed E-state index contributed by atoms with van der Waals surface area (Å²) in [7, 11) is 0. The third kappa shape index (κ3) is 3.63. The Labute approximate surface area is 114 Å². The van der Waals surface area contributed by atoms with Gasteiger partial charge in [0.25, 0.3) is 0 Å². The second-order valence-corrected chi connectivity index (χ2v) is 4.18. The number of hydrogen-bond acceptors (Lipinski definition) is 1. The Morgan fingerprint density at radius 1 is 0.905 bits per heavy atom. The topological polar surface area (TPSA) is 9.23 Å². The highest BCUT2D eigenvalue weighted by atomic mass is 19.4. The first-order valence-corrected chi connectivity index (χ1v) is 5.55. The first-order valence-electron chi connectivity index (χ1n) is 5.55. The Hall–Kier alpha value is -1.38. The van der Waals surface area contributed by atoms with Crippen molar-refractivity contribution in [2.24, 2.45) is 0 Å². The molecule has 0 saturated carbocycles. The molecular formula is C12H10F8O. The van der Waals surface area contributed by atoms with Gasteiger partial charge in [0.05, 0.1) is 6.61 Å². The van der Waals surface area contributed by atoms with Crippen molar-refractivity contribution in [2.75, 3.05) is 6.61 Å². The summed E-state index contributed by atoms with van der Waals surface area (Å²) in [4.78, 5) is 0. The molecule has 0 atom stereocenters. The van der Waals surface area contributed by atoms with E-state index >= 15 is 0 Å². The van der Waals surface area contributed by atoms with Crippen molar-refractivity contribution in [1.82, 2.24) is 0 Å². The lowest BCUT2D eigenvalue weighted by molar-refractivity contribution is -0.346. The maximum absolute atomic E-state index is 13.1. The summed E-state index contributed by atoms with van der Waals surface area (Å²) in [5, 5.41) is 0. The highest BCUT2D eigenvalue weighted by Gasteiger charge is 2.75. The van der Waals surface area contributed by atoms with Crippen LogP contribution in [0.4, 0.5) is 35.1 Å². The average molecular weight is 322 g/mol. The first-order chi connectivity index (χ1) is 9.52. The molecule has 1 aromatic rings. The van der Waals surface area contributed by atoms with Gasteiger partial charge in [-0.3, -0.25) is 0 Å². The van der Waals surface area contributed by atoms with Gasteiger partial charge in [-0.15, -0.1) is 0 Å². The van der Waals surface area contributed by atoms with Crippen molar-refractivity contribution in [3.63, 3.8) is 0 Å².